The van der Waals surface area contributed by atoms with Crippen LogP contribution in [0.5, 0.6) is 0 Å². The summed E-state index contributed by atoms with van der Waals surface area (Å²) in [6.45, 7) is 3.07. The fourth-order valence-corrected chi connectivity index (χ4v) is 2.95. The Hall–Kier alpha value is -2.71. The summed E-state index contributed by atoms with van der Waals surface area (Å²) >= 11 is 0. The van der Waals surface area contributed by atoms with Gasteiger partial charge in [-0.25, -0.2) is 4.79 Å². The van der Waals surface area contributed by atoms with E-state index in [1.54, 1.807) is 0 Å². The summed E-state index contributed by atoms with van der Waals surface area (Å²) in [5, 5.41) is 19.9. The summed E-state index contributed by atoms with van der Waals surface area (Å²) < 4.78 is 6.53. The number of anilines is 1. The monoisotopic (exact) mass is 361 g/mol. The quantitative estimate of drug-likeness (QED) is 0.775. The predicted molar refractivity (Wildman–Crippen MR) is 91.6 cm³/mol. The Morgan fingerprint density at radius 1 is 1.38 bits per heavy atom. The molecule has 3 rings (SSSR count). The van der Waals surface area contributed by atoms with E-state index < -0.39 is 11.5 Å². The van der Waals surface area contributed by atoms with Crippen LogP contribution < -0.4 is 5.32 Å². The van der Waals surface area contributed by atoms with E-state index in [1.807, 2.05) is 0 Å². The molecular formula is C17H23N5O4. The molecule has 0 spiro atoms. The third kappa shape index (κ3) is 3.92. The Kier molecular flexibility index (Phi) is 5.06. The van der Waals surface area contributed by atoms with Gasteiger partial charge in [0.15, 0.2) is 11.4 Å². The lowest BCUT2D eigenvalue weighted by Gasteiger charge is -2.19. The molecule has 2 aromatic rings. The van der Waals surface area contributed by atoms with E-state index in [0.717, 1.165) is 18.7 Å². The van der Waals surface area contributed by atoms with Crippen molar-refractivity contribution in [3.8, 4) is 0 Å². The zero-order chi connectivity index (χ0) is 18.7. The third-order valence-electron chi connectivity index (χ3n) is 4.73. The molecule has 2 N–H and O–H groups in total. The first-order chi connectivity index (χ1) is 12.4. The molecule has 0 aromatic carbocycles. The molecular weight excluding hydrogens is 338 g/mol. The molecule has 1 fully saturated rings. The number of carbonyl (C=O) groups is 2. The SMILES string of the molecule is CC(C)(C(=O)O)n1cc(NC(=O)CCc2nc(C3CCCC3)no2)cn1. The molecule has 9 heteroatoms. The van der Waals surface area contributed by atoms with Gasteiger partial charge in [0.1, 0.15) is 0 Å². The summed E-state index contributed by atoms with van der Waals surface area (Å²) in [5.74, 6) is 0.357. The van der Waals surface area contributed by atoms with Gasteiger partial charge in [0.25, 0.3) is 0 Å². The summed E-state index contributed by atoms with van der Waals surface area (Å²) in [7, 11) is 0. The average Bonchev–Trinajstić information content (AvgIpc) is 3.33. The van der Waals surface area contributed by atoms with E-state index in [9.17, 15) is 14.7 Å². The average molecular weight is 361 g/mol. The van der Waals surface area contributed by atoms with Gasteiger partial charge in [0.2, 0.25) is 11.8 Å². The molecule has 0 atom stereocenters. The molecule has 0 saturated heterocycles. The number of nitrogens with zero attached hydrogens (tertiary/aromatic N) is 4. The maximum atomic E-state index is 12.1. The van der Waals surface area contributed by atoms with Crippen molar-refractivity contribution in [2.75, 3.05) is 5.32 Å². The van der Waals surface area contributed by atoms with Gasteiger partial charge in [-0.15, -0.1) is 0 Å². The normalized spacial score (nSPS) is 15.3. The van der Waals surface area contributed by atoms with Crippen molar-refractivity contribution >= 4 is 17.6 Å². The number of rotatable bonds is 7. The molecule has 1 saturated carbocycles. The molecule has 2 heterocycles. The number of hydrogen-bond acceptors (Lipinski definition) is 6. The minimum atomic E-state index is -1.19. The van der Waals surface area contributed by atoms with Crippen LogP contribution in [0, 0.1) is 0 Å². The number of amides is 1. The fourth-order valence-electron chi connectivity index (χ4n) is 2.95. The molecule has 1 aliphatic rings. The van der Waals surface area contributed by atoms with Crippen molar-refractivity contribution < 1.29 is 19.2 Å². The van der Waals surface area contributed by atoms with E-state index in [-0.39, 0.29) is 12.3 Å². The van der Waals surface area contributed by atoms with E-state index >= 15 is 0 Å². The molecule has 1 amide bonds. The number of aliphatic carboxylic acids is 1. The minimum absolute atomic E-state index is 0.194. The molecule has 0 radical (unpaired) electrons. The highest BCUT2D eigenvalue weighted by atomic mass is 16.5. The maximum absolute atomic E-state index is 12.1. The fraction of sp³-hybridized carbons (Fsp3) is 0.588. The van der Waals surface area contributed by atoms with Crippen molar-refractivity contribution in [2.24, 2.45) is 0 Å². The summed E-state index contributed by atoms with van der Waals surface area (Å²) in [5.41, 5.74) is -0.745. The molecule has 1 aliphatic carbocycles. The van der Waals surface area contributed by atoms with Crippen LogP contribution in [0.1, 0.15) is 63.6 Å². The highest BCUT2D eigenvalue weighted by molar-refractivity contribution is 5.90. The van der Waals surface area contributed by atoms with Crippen LogP contribution in [0.4, 0.5) is 5.69 Å². The van der Waals surface area contributed by atoms with E-state index in [0.29, 0.717) is 23.9 Å². The van der Waals surface area contributed by atoms with Gasteiger partial charge in [0.05, 0.1) is 11.9 Å². The van der Waals surface area contributed by atoms with Crippen molar-refractivity contribution in [3.05, 3.63) is 24.1 Å². The lowest BCUT2D eigenvalue weighted by Crippen LogP contribution is -2.35. The van der Waals surface area contributed by atoms with Gasteiger partial charge in [-0.3, -0.25) is 9.48 Å². The summed E-state index contributed by atoms with van der Waals surface area (Å²) in [6.07, 6.45) is 8.06. The van der Waals surface area contributed by atoms with Crippen LogP contribution in [0.25, 0.3) is 0 Å². The number of aromatic nitrogens is 4. The Morgan fingerprint density at radius 3 is 2.81 bits per heavy atom. The molecule has 0 aliphatic heterocycles. The van der Waals surface area contributed by atoms with Crippen LogP contribution >= 0.6 is 0 Å². The van der Waals surface area contributed by atoms with E-state index in [2.05, 4.69) is 20.6 Å². The molecule has 9 nitrogen and oxygen atoms in total. The first-order valence-corrected chi connectivity index (χ1v) is 8.77. The number of carbonyl (C=O) groups excluding carboxylic acids is 1. The van der Waals surface area contributed by atoms with Crippen LogP contribution in [-0.2, 0) is 21.5 Å². The van der Waals surface area contributed by atoms with E-state index in [4.69, 9.17) is 4.52 Å². The van der Waals surface area contributed by atoms with Crippen molar-refractivity contribution in [2.45, 2.75) is 63.8 Å². The lowest BCUT2D eigenvalue weighted by atomic mass is 10.1. The minimum Gasteiger partial charge on any atom is -0.479 e. The van der Waals surface area contributed by atoms with Gasteiger partial charge in [0, 0.05) is 25.0 Å². The number of hydrogen-bond donors (Lipinski definition) is 2. The Balaban J connectivity index is 1.52. The summed E-state index contributed by atoms with van der Waals surface area (Å²) in [6, 6.07) is 0. The van der Waals surface area contributed by atoms with Crippen molar-refractivity contribution in [3.63, 3.8) is 0 Å². The molecule has 2 aromatic heterocycles. The number of carboxylic acid groups (broad SMARTS) is 1. The van der Waals surface area contributed by atoms with Crippen molar-refractivity contribution in [1.29, 1.82) is 0 Å². The Bertz CT molecular complexity index is 789. The first-order valence-electron chi connectivity index (χ1n) is 8.77. The second-order valence-electron chi connectivity index (χ2n) is 7.11. The molecule has 26 heavy (non-hydrogen) atoms. The number of carboxylic acids is 1. The topological polar surface area (TPSA) is 123 Å². The largest absolute Gasteiger partial charge is 0.479 e. The second-order valence-corrected chi connectivity index (χ2v) is 7.11. The van der Waals surface area contributed by atoms with Gasteiger partial charge in [-0.05, 0) is 26.7 Å². The highest BCUT2D eigenvalue weighted by Crippen LogP contribution is 2.32. The smallest absolute Gasteiger partial charge is 0.331 e. The first kappa shape index (κ1) is 18.1. The zero-order valence-corrected chi connectivity index (χ0v) is 14.9. The second kappa shape index (κ2) is 7.27. The Labute approximate surface area is 150 Å². The molecule has 0 unspecified atom stereocenters. The third-order valence-corrected chi connectivity index (χ3v) is 4.73. The molecule has 0 bridgehead atoms. The molecule has 140 valence electrons. The predicted octanol–water partition coefficient (Wildman–Crippen LogP) is 2.31. The van der Waals surface area contributed by atoms with Gasteiger partial charge in [-0.1, -0.05) is 18.0 Å². The highest BCUT2D eigenvalue weighted by Gasteiger charge is 2.30. The zero-order valence-electron chi connectivity index (χ0n) is 14.9. The standard InChI is InChI=1S/C17H23N5O4/c1-17(2,16(24)25)22-10-12(9-18-22)19-13(23)7-8-14-20-15(21-26-14)11-5-3-4-6-11/h9-11H,3-8H2,1-2H3,(H,19,23)(H,24,25). The maximum Gasteiger partial charge on any atom is 0.331 e. The number of nitrogens with one attached hydrogen (secondary N) is 1. The number of aryl methyl sites for hydroxylation is 1. The van der Waals surface area contributed by atoms with Crippen LogP contribution in [0.15, 0.2) is 16.9 Å². The van der Waals surface area contributed by atoms with Crippen molar-refractivity contribution in [1.82, 2.24) is 19.9 Å². The lowest BCUT2D eigenvalue weighted by molar-refractivity contribution is -0.146. The van der Waals surface area contributed by atoms with Crippen LogP contribution in [0.2, 0.25) is 0 Å². The van der Waals surface area contributed by atoms with E-state index in [1.165, 1.54) is 43.8 Å². The van der Waals surface area contributed by atoms with Gasteiger partial charge >= 0.3 is 5.97 Å². The van der Waals surface area contributed by atoms with Gasteiger partial charge < -0.3 is 14.9 Å². The Morgan fingerprint density at radius 2 is 2.12 bits per heavy atom. The summed E-state index contributed by atoms with van der Waals surface area (Å²) in [4.78, 5) is 27.7. The van der Waals surface area contributed by atoms with Crippen LogP contribution in [-0.4, -0.2) is 36.9 Å². The van der Waals surface area contributed by atoms with Gasteiger partial charge in [-0.2, -0.15) is 10.1 Å². The van der Waals surface area contributed by atoms with Crippen LogP contribution in [0.3, 0.4) is 0 Å².